The fourth-order valence-corrected chi connectivity index (χ4v) is 2.64. The molecule has 0 saturated heterocycles. The van der Waals surface area contributed by atoms with Crippen molar-refractivity contribution < 1.29 is 23.0 Å². The summed E-state index contributed by atoms with van der Waals surface area (Å²) in [4.78, 5) is 12.1. The Morgan fingerprint density at radius 2 is 1.79 bits per heavy atom. The van der Waals surface area contributed by atoms with Crippen LogP contribution in [0, 0.1) is 11.6 Å². The third kappa shape index (κ3) is 3.90. The van der Waals surface area contributed by atoms with Gasteiger partial charge in [-0.05, 0) is 43.3 Å². The van der Waals surface area contributed by atoms with Gasteiger partial charge in [-0.15, -0.1) is 5.10 Å². The van der Waals surface area contributed by atoms with E-state index in [1.54, 1.807) is 24.3 Å². The first-order chi connectivity index (χ1) is 13.5. The summed E-state index contributed by atoms with van der Waals surface area (Å²) >= 11 is 0. The number of methoxy groups -OCH3 is 1. The molecule has 144 valence electrons. The lowest BCUT2D eigenvalue weighted by Gasteiger charge is -2.15. The number of benzene rings is 2. The molecule has 2 aromatic carbocycles. The largest absolute Gasteiger partial charge is 0.494 e. The highest BCUT2D eigenvalue weighted by Crippen LogP contribution is 2.35. The summed E-state index contributed by atoms with van der Waals surface area (Å²) in [6, 6.07) is 10.4. The average Bonchev–Trinajstić information content (AvgIpc) is 2.70. The molecule has 3 rings (SSSR count). The van der Waals surface area contributed by atoms with Crippen LogP contribution in [-0.2, 0) is 4.74 Å². The number of anilines is 2. The Bertz CT molecular complexity index is 974. The number of aromatic nitrogens is 2. The maximum atomic E-state index is 14.4. The van der Waals surface area contributed by atoms with E-state index < -0.39 is 17.6 Å². The van der Waals surface area contributed by atoms with E-state index >= 15 is 0 Å². The smallest absolute Gasteiger partial charge is 0.360 e. The average molecular weight is 385 g/mol. The van der Waals surface area contributed by atoms with E-state index in [2.05, 4.69) is 15.5 Å². The zero-order chi connectivity index (χ0) is 20.1. The molecule has 0 saturated carbocycles. The molecule has 1 N–H and O–H groups in total. The van der Waals surface area contributed by atoms with E-state index in [-0.39, 0.29) is 22.5 Å². The van der Waals surface area contributed by atoms with Gasteiger partial charge in [0.2, 0.25) is 0 Å². The van der Waals surface area contributed by atoms with Crippen LogP contribution in [-0.4, -0.2) is 29.9 Å². The Morgan fingerprint density at radius 1 is 1.11 bits per heavy atom. The molecule has 0 spiro atoms. The van der Waals surface area contributed by atoms with Gasteiger partial charge in [-0.1, -0.05) is 6.07 Å². The number of nitrogens with zero attached hydrogens (tertiary/aromatic N) is 2. The van der Waals surface area contributed by atoms with Crippen LogP contribution in [0.3, 0.4) is 0 Å². The van der Waals surface area contributed by atoms with E-state index in [1.807, 2.05) is 6.92 Å². The van der Waals surface area contributed by atoms with Crippen LogP contribution in [0.25, 0.3) is 11.1 Å². The Kier molecular flexibility index (Phi) is 5.78. The molecule has 0 radical (unpaired) electrons. The molecule has 0 amide bonds. The van der Waals surface area contributed by atoms with Crippen LogP contribution in [0.4, 0.5) is 20.2 Å². The number of nitrogens with one attached hydrogen (secondary N) is 1. The molecule has 0 atom stereocenters. The summed E-state index contributed by atoms with van der Waals surface area (Å²) < 4.78 is 38.8. The Hall–Kier alpha value is -3.55. The molecule has 28 heavy (non-hydrogen) atoms. The number of ether oxygens (including phenoxy) is 2. The third-order valence-corrected chi connectivity index (χ3v) is 3.90. The van der Waals surface area contributed by atoms with Gasteiger partial charge < -0.3 is 14.8 Å². The minimum Gasteiger partial charge on any atom is -0.494 e. The first kappa shape index (κ1) is 19.2. The van der Waals surface area contributed by atoms with Crippen LogP contribution < -0.4 is 10.1 Å². The van der Waals surface area contributed by atoms with Crippen molar-refractivity contribution in [1.29, 1.82) is 0 Å². The number of carbonyl (C=O) groups excluding carboxylic acids is 1. The number of rotatable bonds is 6. The molecule has 0 fully saturated rings. The molecule has 6 nitrogen and oxygen atoms in total. The van der Waals surface area contributed by atoms with Gasteiger partial charge in [0.15, 0.2) is 5.69 Å². The summed E-state index contributed by atoms with van der Waals surface area (Å²) in [5.41, 5.74) is 0.155. The highest BCUT2D eigenvalue weighted by atomic mass is 19.1. The summed E-state index contributed by atoms with van der Waals surface area (Å²) in [5.74, 6) is -1.72. The number of hydrogen-bond donors (Lipinski definition) is 1. The van der Waals surface area contributed by atoms with Crippen LogP contribution in [0.5, 0.6) is 5.75 Å². The monoisotopic (exact) mass is 385 g/mol. The molecule has 8 heteroatoms. The molecule has 1 heterocycles. The molecular weight excluding hydrogens is 368 g/mol. The van der Waals surface area contributed by atoms with Gasteiger partial charge in [0.1, 0.15) is 17.4 Å². The summed E-state index contributed by atoms with van der Waals surface area (Å²) in [7, 11) is 1.18. The second kappa shape index (κ2) is 8.43. The van der Waals surface area contributed by atoms with Crippen molar-refractivity contribution in [2.75, 3.05) is 19.0 Å². The van der Waals surface area contributed by atoms with Gasteiger partial charge >= 0.3 is 5.97 Å². The Labute approximate surface area is 160 Å². The van der Waals surface area contributed by atoms with Crippen LogP contribution in [0.2, 0.25) is 0 Å². The summed E-state index contributed by atoms with van der Waals surface area (Å²) in [6.07, 6.45) is 1.19. The number of hydrogen-bond acceptors (Lipinski definition) is 6. The van der Waals surface area contributed by atoms with Crippen molar-refractivity contribution in [1.82, 2.24) is 10.2 Å². The minimum absolute atomic E-state index is 0.0416. The lowest BCUT2D eigenvalue weighted by molar-refractivity contribution is 0.0594. The summed E-state index contributed by atoms with van der Waals surface area (Å²) in [5, 5.41) is 10.5. The normalized spacial score (nSPS) is 10.4. The summed E-state index contributed by atoms with van der Waals surface area (Å²) in [6.45, 7) is 2.39. The van der Waals surface area contributed by atoms with Gasteiger partial charge in [0.05, 0.1) is 31.2 Å². The van der Waals surface area contributed by atoms with Gasteiger partial charge in [-0.3, -0.25) is 0 Å². The van der Waals surface area contributed by atoms with Crippen molar-refractivity contribution in [3.05, 3.63) is 66.0 Å². The molecule has 1 aromatic heterocycles. The highest BCUT2D eigenvalue weighted by molar-refractivity contribution is 5.99. The first-order valence-corrected chi connectivity index (χ1v) is 8.43. The highest BCUT2D eigenvalue weighted by Gasteiger charge is 2.23. The van der Waals surface area contributed by atoms with E-state index in [0.29, 0.717) is 18.0 Å². The molecule has 0 aliphatic heterocycles. The van der Waals surface area contributed by atoms with Gasteiger partial charge in [-0.2, -0.15) is 5.10 Å². The minimum atomic E-state index is -0.793. The fourth-order valence-electron chi connectivity index (χ4n) is 2.64. The molecular formula is C20H17F2N3O3. The van der Waals surface area contributed by atoms with Gasteiger partial charge in [0, 0.05) is 11.3 Å². The lowest BCUT2D eigenvalue weighted by Crippen LogP contribution is -2.11. The molecule has 0 aliphatic rings. The third-order valence-electron chi connectivity index (χ3n) is 3.90. The number of carbonyl (C=O) groups is 1. The van der Waals surface area contributed by atoms with Crippen LogP contribution in [0.1, 0.15) is 17.4 Å². The topological polar surface area (TPSA) is 73.3 Å². The fraction of sp³-hybridized carbons (Fsp3) is 0.150. The molecule has 0 unspecified atom stereocenters. The van der Waals surface area contributed by atoms with Crippen molar-refractivity contribution >= 4 is 17.3 Å². The van der Waals surface area contributed by atoms with Crippen molar-refractivity contribution in [3.8, 4) is 16.9 Å². The zero-order valence-electron chi connectivity index (χ0n) is 15.2. The van der Waals surface area contributed by atoms with E-state index in [9.17, 15) is 13.6 Å². The van der Waals surface area contributed by atoms with Gasteiger partial charge in [-0.25, -0.2) is 13.6 Å². The molecule has 0 aliphatic carbocycles. The lowest BCUT2D eigenvalue weighted by atomic mass is 10.0. The SMILES string of the molecule is CCOc1ccc(Nc2c(-c3c(F)cccc3F)cnnc2C(=O)OC)cc1. The molecule has 0 bridgehead atoms. The second-order valence-corrected chi connectivity index (χ2v) is 5.65. The second-order valence-electron chi connectivity index (χ2n) is 5.65. The van der Waals surface area contributed by atoms with Crippen molar-refractivity contribution in [3.63, 3.8) is 0 Å². The first-order valence-electron chi connectivity index (χ1n) is 8.43. The van der Waals surface area contributed by atoms with Crippen LogP contribution >= 0.6 is 0 Å². The predicted octanol–water partition coefficient (Wildman–Crippen LogP) is 4.35. The maximum absolute atomic E-state index is 14.4. The van der Waals surface area contributed by atoms with E-state index in [1.165, 1.54) is 19.4 Å². The standard InChI is InChI=1S/C20H17F2N3O3/c1-3-28-13-9-7-12(8-10-13)24-18-14(11-23-25-19(18)20(26)27-2)17-15(21)5-4-6-16(17)22/h4-11H,3H2,1-2H3,(H,23,24). The van der Waals surface area contributed by atoms with Crippen LogP contribution in [0.15, 0.2) is 48.7 Å². The zero-order valence-corrected chi connectivity index (χ0v) is 15.2. The molecule has 3 aromatic rings. The van der Waals surface area contributed by atoms with Crippen molar-refractivity contribution in [2.45, 2.75) is 6.92 Å². The Morgan fingerprint density at radius 3 is 2.39 bits per heavy atom. The predicted molar refractivity (Wildman–Crippen MR) is 99.6 cm³/mol. The van der Waals surface area contributed by atoms with E-state index in [0.717, 1.165) is 12.1 Å². The number of halogens is 2. The van der Waals surface area contributed by atoms with Gasteiger partial charge in [0.25, 0.3) is 0 Å². The van der Waals surface area contributed by atoms with E-state index in [4.69, 9.17) is 9.47 Å². The Balaban J connectivity index is 2.13. The number of esters is 1. The maximum Gasteiger partial charge on any atom is 0.360 e. The quantitative estimate of drug-likeness (QED) is 0.636. The van der Waals surface area contributed by atoms with Crippen molar-refractivity contribution in [2.24, 2.45) is 0 Å².